The number of carbonyl (C=O) groups excluding carboxylic acids is 4. The summed E-state index contributed by atoms with van der Waals surface area (Å²) >= 11 is 0. The molecule has 19 nitrogen and oxygen atoms in total. The number of oxazole rings is 1. The minimum atomic E-state index is -0.640. The molecule has 5 aliphatic heterocycles. The second kappa shape index (κ2) is 41.0. The molecule has 648 valence electrons. The molecular formula is C102H134N8O11. The minimum Gasteiger partial charge on any atom is -0.472 e. The lowest BCUT2D eigenvalue weighted by molar-refractivity contribution is -0.134. The molecule has 4 aromatic carbocycles. The molecule has 1 saturated carbocycles. The van der Waals surface area contributed by atoms with Gasteiger partial charge in [-0.25, -0.2) is 9.98 Å². The first-order valence-corrected chi connectivity index (χ1v) is 46.9. The summed E-state index contributed by atoms with van der Waals surface area (Å²) in [6, 6.07) is 27.4. The summed E-state index contributed by atoms with van der Waals surface area (Å²) in [5.41, 5.74) is 6.79. The molecule has 6 heterocycles. The molecule has 4 amide bonds. The summed E-state index contributed by atoms with van der Waals surface area (Å²) in [7, 11) is 0. The van der Waals surface area contributed by atoms with Crippen molar-refractivity contribution < 1.29 is 52.4 Å². The molecule has 5 aliphatic carbocycles. The summed E-state index contributed by atoms with van der Waals surface area (Å²) < 4.78 is 38.4. The van der Waals surface area contributed by atoms with E-state index in [1.165, 1.54) is 146 Å². The van der Waals surface area contributed by atoms with Crippen molar-refractivity contribution in [2.45, 2.75) is 333 Å². The average molecular weight is 1650 g/mol. The molecule has 0 bridgehead atoms. The highest BCUT2D eigenvalue weighted by Gasteiger charge is 2.46. The predicted molar refractivity (Wildman–Crippen MR) is 480 cm³/mol. The number of rotatable bonds is 43. The Morgan fingerprint density at radius 3 is 2.01 bits per heavy atom. The van der Waals surface area contributed by atoms with Crippen molar-refractivity contribution in [2.24, 2.45) is 34.6 Å². The van der Waals surface area contributed by atoms with Crippen LogP contribution < -0.4 is 40.4 Å². The monoisotopic (exact) mass is 1650 g/mol. The fraction of sp³-hybridized carbons (Fsp3) is 0.569. The predicted octanol–water partition coefficient (Wildman–Crippen LogP) is 22.7. The zero-order chi connectivity index (χ0) is 83.8. The number of benzene rings is 4. The van der Waals surface area contributed by atoms with E-state index in [0.717, 1.165) is 144 Å². The number of hydrogen-bond donors (Lipinski definition) is 5. The number of nitrogens with one attached hydrogen (secondary N) is 4. The quantitative estimate of drug-likeness (QED) is 0.0106. The van der Waals surface area contributed by atoms with Crippen molar-refractivity contribution in [1.29, 1.82) is 0 Å². The number of likely N-dealkylation sites (tertiary alicyclic amines) is 1. The maximum atomic E-state index is 13.7. The fourth-order valence-corrected chi connectivity index (χ4v) is 20.6. The van der Waals surface area contributed by atoms with Gasteiger partial charge in [-0.3, -0.25) is 29.4 Å². The van der Waals surface area contributed by atoms with Gasteiger partial charge in [-0.05, 0) is 218 Å². The molecule has 15 rings (SSSR count). The molecule has 3 saturated heterocycles. The van der Waals surface area contributed by atoms with Gasteiger partial charge in [0.2, 0.25) is 35.4 Å². The number of nitrogens with zero attached hydrogens (tertiary/aromatic N) is 4. The highest BCUT2D eigenvalue weighted by Crippen LogP contribution is 2.49. The SMILES string of the molecule is CCCCCCCCC1C(CCCCCC)CCC(CCCCCCCC(=O)NC(C)(C)C2=CC3OC(c4ccc(OC5=CCC(c6nc7ccc(N8C(=O)CCC8=O)cc7o6)C=C5)cc4)NC3C=C2)C1CCCCCCCC(O)Nc1ccc2c(c1)OC(c1ccc(OC3=CC=C(C4=NC5C=CC(C(C)(C)N6CCCC6=O)CC5O4)CC3)cc1)N2. The van der Waals surface area contributed by atoms with Crippen LogP contribution in [0.15, 0.2) is 178 Å². The van der Waals surface area contributed by atoms with E-state index in [4.69, 9.17) is 38.1 Å². The van der Waals surface area contributed by atoms with Crippen LogP contribution in [0.25, 0.3) is 11.1 Å². The van der Waals surface area contributed by atoms with E-state index in [-0.39, 0.29) is 90.6 Å². The normalized spacial score (nSPS) is 25.3. The lowest BCUT2D eigenvalue weighted by Crippen LogP contribution is -2.51. The number of fused-ring (bicyclic) bond motifs is 4. The van der Waals surface area contributed by atoms with Gasteiger partial charge in [0.1, 0.15) is 58.9 Å². The summed E-state index contributed by atoms with van der Waals surface area (Å²) in [4.78, 5) is 64.0. The molecule has 19 heteroatoms. The topological polar surface area (TPSA) is 228 Å². The molecule has 13 atom stereocenters. The molecule has 1 aromatic heterocycles. The van der Waals surface area contributed by atoms with Crippen LogP contribution in [0.5, 0.6) is 17.2 Å². The first kappa shape index (κ1) is 86.9. The van der Waals surface area contributed by atoms with Gasteiger partial charge >= 0.3 is 0 Å². The number of aliphatic hydroxyl groups is 1. The molecule has 0 radical (unpaired) electrons. The molecule has 0 spiro atoms. The van der Waals surface area contributed by atoms with E-state index in [1.807, 2.05) is 91.0 Å². The van der Waals surface area contributed by atoms with Gasteiger partial charge in [-0.2, -0.15) is 0 Å². The van der Waals surface area contributed by atoms with E-state index >= 15 is 0 Å². The van der Waals surface area contributed by atoms with Gasteiger partial charge in [0.25, 0.3) is 0 Å². The van der Waals surface area contributed by atoms with Gasteiger partial charge < -0.3 is 54.1 Å². The van der Waals surface area contributed by atoms with Crippen LogP contribution in [-0.2, 0) is 28.7 Å². The lowest BCUT2D eigenvalue weighted by Gasteiger charge is -2.44. The second-order valence-electron chi connectivity index (χ2n) is 37.2. The molecule has 10 aliphatic rings. The third-order valence-electron chi connectivity index (χ3n) is 27.8. The van der Waals surface area contributed by atoms with Crippen molar-refractivity contribution in [3.8, 4) is 17.2 Å². The Bertz CT molecular complexity index is 4630. The average Bonchev–Trinajstić information content (AvgIpc) is 1.61. The van der Waals surface area contributed by atoms with Crippen LogP contribution in [0.4, 0.5) is 17.1 Å². The number of amides is 4. The van der Waals surface area contributed by atoms with E-state index < -0.39 is 11.8 Å². The first-order chi connectivity index (χ1) is 58.9. The number of carbonyl (C=O) groups is 4. The van der Waals surface area contributed by atoms with E-state index in [2.05, 4.69) is 104 Å². The Hall–Kier alpha value is -9.04. The van der Waals surface area contributed by atoms with E-state index in [0.29, 0.717) is 54.1 Å². The van der Waals surface area contributed by atoms with Gasteiger partial charge in [0.05, 0.1) is 35.0 Å². The van der Waals surface area contributed by atoms with Crippen molar-refractivity contribution in [1.82, 2.24) is 20.5 Å². The Kier molecular flexibility index (Phi) is 29.4. The zero-order valence-corrected chi connectivity index (χ0v) is 72.8. The molecule has 5 aromatic rings. The summed E-state index contributed by atoms with van der Waals surface area (Å²) in [5.74, 6) is 8.59. The van der Waals surface area contributed by atoms with Crippen LogP contribution in [-0.4, -0.2) is 92.7 Å². The van der Waals surface area contributed by atoms with Crippen molar-refractivity contribution >= 4 is 57.7 Å². The number of ether oxygens (including phenoxy) is 5. The number of imide groups is 1. The molecular weight excluding hydrogens is 1510 g/mol. The maximum Gasteiger partial charge on any atom is 0.234 e. The standard InChI is InChI=1S/C102H134N8O11/c1-7-9-11-13-17-23-30-82-68(28-21-12-10-8-2)35-36-69(29-22-16-14-20-26-33-93(112)108-101(3,4)74-45-57-84-88(64-74)118-97(104-84)70-37-49-78(50-38-70)117-81-55-43-73(44-56-81)100-107-87-60-48-77(67-91(87)121-100)110-95(114)61-62-96(110)115)83(82)31-24-18-15-19-25-32-92(111)103-76-47-59-86-90(66-76)120-99(106-86)72-41-53-80(54-42-72)116-79-51-39-71(40-52-79)98-105-85-58-46-75(65-89(85)119-98)102(5,6)109-63-27-34-94(109)113/h37-39,41-43,45-51,53-60,64,66-69,73,75,82-85,88-89,92,97,99,103-104,106,111H,7-36,40,44,52,61-63,65H2,1-6H3,(H,108,112). The van der Waals surface area contributed by atoms with Gasteiger partial charge in [-0.15, -0.1) is 0 Å². The number of hydrogen-bond acceptors (Lipinski definition) is 16. The van der Waals surface area contributed by atoms with Crippen LogP contribution in [0.3, 0.4) is 0 Å². The summed E-state index contributed by atoms with van der Waals surface area (Å²) in [6.07, 6.45) is 59.2. The molecule has 13 unspecified atom stereocenters. The highest BCUT2D eigenvalue weighted by atomic mass is 16.5. The van der Waals surface area contributed by atoms with Crippen LogP contribution in [0, 0.1) is 29.6 Å². The third-order valence-corrected chi connectivity index (χ3v) is 27.8. The number of anilines is 3. The van der Waals surface area contributed by atoms with Gasteiger partial charge in [0, 0.05) is 79.1 Å². The molecule has 121 heavy (non-hydrogen) atoms. The zero-order valence-electron chi connectivity index (χ0n) is 72.8. The number of allylic oxidation sites excluding steroid dienone is 6. The Balaban J connectivity index is 0.456. The first-order valence-electron chi connectivity index (χ1n) is 46.9. The molecule has 4 fully saturated rings. The summed E-state index contributed by atoms with van der Waals surface area (Å²) in [5, 5.41) is 25.2. The van der Waals surface area contributed by atoms with Crippen LogP contribution >= 0.6 is 0 Å². The van der Waals surface area contributed by atoms with Crippen LogP contribution in [0.2, 0.25) is 0 Å². The van der Waals surface area contributed by atoms with Gasteiger partial charge in [0.15, 0.2) is 11.8 Å². The minimum absolute atomic E-state index is 0.00503. The summed E-state index contributed by atoms with van der Waals surface area (Å²) in [6.45, 7) is 14.1. The van der Waals surface area contributed by atoms with Gasteiger partial charge in [-0.1, -0.05) is 191 Å². The highest BCUT2D eigenvalue weighted by molar-refractivity contribution is 6.20. The number of aliphatic hydroxyl groups excluding tert-OH is 1. The third kappa shape index (κ3) is 22.1. The lowest BCUT2D eigenvalue weighted by atomic mass is 9.61. The Labute approximate surface area is 718 Å². The Morgan fingerprint density at radius 2 is 1.33 bits per heavy atom. The second-order valence-corrected chi connectivity index (χ2v) is 37.2. The number of aromatic nitrogens is 1. The van der Waals surface area contributed by atoms with Crippen molar-refractivity contribution in [3.63, 3.8) is 0 Å². The van der Waals surface area contributed by atoms with Crippen molar-refractivity contribution in [3.05, 3.63) is 185 Å². The van der Waals surface area contributed by atoms with Crippen molar-refractivity contribution in [2.75, 3.05) is 22.1 Å². The smallest absolute Gasteiger partial charge is 0.234 e. The number of aliphatic imine (C=N–C) groups is 1. The fourth-order valence-electron chi connectivity index (χ4n) is 20.6. The largest absolute Gasteiger partial charge is 0.472 e. The Morgan fingerprint density at radius 1 is 0.661 bits per heavy atom. The maximum absolute atomic E-state index is 13.7. The van der Waals surface area contributed by atoms with E-state index in [1.54, 1.807) is 18.2 Å². The molecule has 5 N–H and O–H groups in total. The number of unbranched alkanes of at least 4 members (excludes halogenated alkanes) is 16. The van der Waals surface area contributed by atoms with Crippen LogP contribution in [0.1, 0.15) is 308 Å². The van der Waals surface area contributed by atoms with E-state index in [9.17, 15) is 24.3 Å².